The van der Waals surface area contributed by atoms with E-state index in [-0.39, 0.29) is 0 Å². The van der Waals surface area contributed by atoms with Crippen LogP contribution in [0.5, 0.6) is 0 Å². The number of hydrogen-bond donors (Lipinski definition) is 2. The van der Waals surface area contributed by atoms with E-state index < -0.39 is 0 Å². The molecule has 0 spiro atoms. The van der Waals surface area contributed by atoms with Gasteiger partial charge in [0.25, 0.3) is 0 Å². The summed E-state index contributed by atoms with van der Waals surface area (Å²) in [7, 11) is 0. The predicted octanol–water partition coefficient (Wildman–Crippen LogP) is 1.76. The van der Waals surface area contributed by atoms with Crippen LogP contribution in [-0.2, 0) is 11.3 Å². The van der Waals surface area contributed by atoms with E-state index in [1.807, 2.05) is 6.20 Å². The zero-order chi connectivity index (χ0) is 11.5. The Morgan fingerprint density at radius 2 is 2.12 bits per heavy atom. The van der Waals surface area contributed by atoms with Crippen LogP contribution >= 0.6 is 0 Å². The topological polar surface area (TPSA) is 49.9 Å². The molecule has 2 unspecified atom stereocenters. The van der Waals surface area contributed by atoms with Gasteiger partial charge in [0, 0.05) is 23.8 Å². The molecule has 90 valence electrons. The molecular formula is C12H21N3O. The number of aromatic amines is 1. The van der Waals surface area contributed by atoms with Crippen molar-refractivity contribution in [3.63, 3.8) is 0 Å². The molecule has 0 aromatic carbocycles. The summed E-state index contributed by atoms with van der Waals surface area (Å²) in [5.41, 5.74) is 2.41. The Hall–Kier alpha value is -0.870. The van der Waals surface area contributed by atoms with Crippen LogP contribution in [0.15, 0.2) is 6.20 Å². The molecular weight excluding hydrogens is 202 g/mol. The maximum Gasteiger partial charge on any atom is 0.0565 e. The van der Waals surface area contributed by atoms with Crippen LogP contribution in [0.3, 0.4) is 0 Å². The summed E-state index contributed by atoms with van der Waals surface area (Å²) in [6, 6.07) is 0.563. The number of rotatable bonds is 3. The van der Waals surface area contributed by atoms with Gasteiger partial charge in [0.1, 0.15) is 0 Å². The quantitative estimate of drug-likeness (QED) is 0.821. The van der Waals surface area contributed by atoms with E-state index in [2.05, 4.69) is 36.3 Å². The van der Waals surface area contributed by atoms with E-state index in [0.29, 0.717) is 18.2 Å². The Bertz CT molecular complexity index is 327. The van der Waals surface area contributed by atoms with Crippen LogP contribution in [0.25, 0.3) is 0 Å². The van der Waals surface area contributed by atoms with Gasteiger partial charge >= 0.3 is 0 Å². The first-order chi connectivity index (χ1) is 7.65. The van der Waals surface area contributed by atoms with E-state index in [4.69, 9.17) is 4.74 Å². The van der Waals surface area contributed by atoms with Gasteiger partial charge in [-0.25, -0.2) is 0 Å². The predicted molar refractivity (Wildman–Crippen MR) is 63.2 cm³/mol. The van der Waals surface area contributed by atoms with Crippen LogP contribution in [0.4, 0.5) is 0 Å². The van der Waals surface area contributed by atoms with Gasteiger partial charge in [-0.15, -0.1) is 0 Å². The van der Waals surface area contributed by atoms with Crippen molar-refractivity contribution in [1.29, 1.82) is 0 Å². The number of hydrogen-bond acceptors (Lipinski definition) is 3. The molecule has 1 aromatic rings. The highest BCUT2D eigenvalue weighted by molar-refractivity contribution is 5.13. The van der Waals surface area contributed by atoms with Gasteiger partial charge in [-0.3, -0.25) is 5.10 Å². The standard InChI is InChI=1S/C12H21N3O/c1-8-4-12(5-9(2)16-8)13-6-11-7-14-15-10(11)3/h7-9,12-13H,4-6H2,1-3H3,(H,14,15). The van der Waals surface area contributed by atoms with Crippen LogP contribution in [-0.4, -0.2) is 28.4 Å². The molecule has 16 heavy (non-hydrogen) atoms. The molecule has 2 atom stereocenters. The van der Waals surface area contributed by atoms with Crippen molar-refractivity contribution in [2.45, 2.75) is 58.4 Å². The number of H-pyrrole nitrogens is 1. The molecule has 0 saturated carbocycles. The number of ether oxygens (including phenoxy) is 1. The average molecular weight is 223 g/mol. The lowest BCUT2D eigenvalue weighted by Gasteiger charge is -2.32. The highest BCUT2D eigenvalue weighted by Crippen LogP contribution is 2.19. The highest BCUT2D eigenvalue weighted by Gasteiger charge is 2.23. The van der Waals surface area contributed by atoms with Crippen LogP contribution in [0.2, 0.25) is 0 Å². The first-order valence-corrected chi connectivity index (χ1v) is 6.03. The largest absolute Gasteiger partial charge is 0.375 e. The number of aromatic nitrogens is 2. The van der Waals surface area contributed by atoms with E-state index in [9.17, 15) is 0 Å². The molecule has 2 rings (SSSR count). The number of nitrogens with one attached hydrogen (secondary N) is 2. The molecule has 0 amide bonds. The minimum Gasteiger partial charge on any atom is -0.375 e. The summed E-state index contributed by atoms with van der Waals surface area (Å²) >= 11 is 0. The summed E-state index contributed by atoms with van der Waals surface area (Å²) in [6.45, 7) is 7.24. The molecule has 1 aliphatic heterocycles. The van der Waals surface area contributed by atoms with Gasteiger partial charge in [0.05, 0.1) is 18.4 Å². The van der Waals surface area contributed by atoms with Gasteiger partial charge in [-0.1, -0.05) is 0 Å². The Morgan fingerprint density at radius 3 is 2.69 bits per heavy atom. The fraction of sp³-hybridized carbons (Fsp3) is 0.750. The highest BCUT2D eigenvalue weighted by atomic mass is 16.5. The van der Waals surface area contributed by atoms with E-state index in [1.165, 1.54) is 5.56 Å². The Balaban J connectivity index is 1.84. The van der Waals surface area contributed by atoms with Crippen LogP contribution < -0.4 is 5.32 Å². The Kier molecular flexibility index (Phi) is 3.61. The molecule has 2 heterocycles. The molecule has 0 radical (unpaired) electrons. The van der Waals surface area contributed by atoms with Crippen molar-refractivity contribution in [2.24, 2.45) is 0 Å². The molecule has 1 aromatic heterocycles. The normalized spacial score (nSPS) is 30.6. The summed E-state index contributed by atoms with van der Waals surface area (Å²) in [4.78, 5) is 0. The molecule has 2 N–H and O–H groups in total. The second-order valence-electron chi connectivity index (χ2n) is 4.83. The number of aryl methyl sites for hydroxylation is 1. The average Bonchev–Trinajstić information content (AvgIpc) is 2.59. The van der Waals surface area contributed by atoms with Gasteiger partial charge < -0.3 is 10.1 Å². The lowest BCUT2D eigenvalue weighted by atomic mass is 9.99. The van der Waals surface area contributed by atoms with Crippen LogP contribution in [0, 0.1) is 6.92 Å². The van der Waals surface area contributed by atoms with Crippen molar-refractivity contribution >= 4 is 0 Å². The second-order valence-corrected chi connectivity index (χ2v) is 4.83. The van der Waals surface area contributed by atoms with E-state index in [0.717, 1.165) is 25.1 Å². The third kappa shape index (κ3) is 2.83. The SMILES string of the molecule is Cc1[nH]ncc1CNC1CC(C)OC(C)C1. The summed E-state index contributed by atoms with van der Waals surface area (Å²) in [5, 5.41) is 10.6. The van der Waals surface area contributed by atoms with Crippen LogP contribution in [0.1, 0.15) is 37.9 Å². The molecule has 1 fully saturated rings. The lowest BCUT2D eigenvalue weighted by Crippen LogP contribution is -2.40. The van der Waals surface area contributed by atoms with Crippen molar-refractivity contribution in [2.75, 3.05) is 0 Å². The van der Waals surface area contributed by atoms with Crippen molar-refractivity contribution in [3.05, 3.63) is 17.5 Å². The monoisotopic (exact) mass is 223 g/mol. The fourth-order valence-corrected chi connectivity index (χ4v) is 2.38. The molecule has 0 bridgehead atoms. The van der Waals surface area contributed by atoms with Crippen molar-refractivity contribution in [3.8, 4) is 0 Å². The van der Waals surface area contributed by atoms with Crippen molar-refractivity contribution in [1.82, 2.24) is 15.5 Å². The zero-order valence-electron chi connectivity index (χ0n) is 10.3. The van der Waals surface area contributed by atoms with E-state index in [1.54, 1.807) is 0 Å². The van der Waals surface area contributed by atoms with Gasteiger partial charge in [0.2, 0.25) is 0 Å². The third-order valence-corrected chi connectivity index (χ3v) is 3.21. The summed E-state index contributed by atoms with van der Waals surface area (Å²) in [6.07, 6.45) is 4.83. The van der Waals surface area contributed by atoms with Gasteiger partial charge in [0.15, 0.2) is 0 Å². The first-order valence-electron chi connectivity index (χ1n) is 6.03. The summed E-state index contributed by atoms with van der Waals surface area (Å²) < 4.78 is 5.72. The zero-order valence-corrected chi connectivity index (χ0v) is 10.3. The Morgan fingerprint density at radius 1 is 1.44 bits per heavy atom. The summed E-state index contributed by atoms with van der Waals surface area (Å²) in [5.74, 6) is 0. The fourth-order valence-electron chi connectivity index (χ4n) is 2.38. The third-order valence-electron chi connectivity index (χ3n) is 3.21. The minimum absolute atomic E-state index is 0.367. The molecule has 4 heteroatoms. The Labute approximate surface area is 96.8 Å². The maximum atomic E-state index is 5.72. The number of nitrogens with zero attached hydrogens (tertiary/aromatic N) is 1. The van der Waals surface area contributed by atoms with Gasteiger partial charge in [-0.05, 0) is 33.6 Å². The molecule has 4 nitrogen and oxygen atoms in total. The first kappa shape index (κ1) is 11.6. The van der Waals surface area contributed by atoms with Crippen molar-refractivity contribution < 1.29 is 4.74 Å². The molecule has 0 aliphatic carbocycles. The molecule has 1 saturated heterocycles. The minimum atomic E-state index is 0.367. The van der Waals surface area contributed by atoms with E-state index >= 15 is 0 Å². The lowest BCUT2D eigenvalue weighted by molar-refractivity contribution is -0.0422. The molecule has 1 aliphatic rings. The van der Waals surface area contributed by atoms with Gasteiger partial charge in [-0.2, -0.15) is 5.10 Å². The smallest absolute Gasteiger partial charge is 0.0565 e. The second kappa shape index (κ2) is 4.97. The maximum absolute atomic E-state index is 5.72.